The zero-order chi connectivity index (χ0) is 15.2. The number of carbonyl (C=O) groups is 1. The van der Waals surface area contributed by atoms with Gasteiger partial charge >= 0.3 is 12.1 Å². The zero-order valence-corrected chi connectivity index (χ0v) is 11.9. The van der Waals surface area contributed by atoms with Gasteiger partial charge in [0.25, 0.3) is 0 Å². The first-order valence-corrected chi connectivity index (χ1v) is 6.47. The second kappa shape index (κ2) is 7.44. The van der Waals surface area contributed by atoms with E-state index in [1.807, 2.05) is 12.3 Å². The number of hydrogen-bond donors (Lipinski definition) is 2. The zero-order valence-electron chi connectivity index (χ0n) is 10.3. The summed E-state index contributed by atoms with van der Waals surface area (Å²) in [6.45, 7) is 4.21. The maximum Gasteiger partial charge on any atom is 0.490 e. The van der Waals surface area contributed by atoms with E-state index in [4.69, 9.17) is 9.90 Å². The number of hydrogen-bond acceptors (Lipinski definition) is 4. The fraction of sp³-hybridized carbons (Fsp3) is 0.455. The van der Waals surface area contributed by atoms with Crippen LogP contribution in [0, 0.1) is 0 Å². The molecule has 0 unspecified atom stereocenters. The lowest BCUT2D eigenvalue weighted by molar-refractivity contribution is -0.192. The van der Waals surface area contributed by atoms with Crippen molar-refractivity contribution in [3.8, 4) is 0 Å². The smallest absolute Gasteiger partial charge is 0.475 e. The highest BCUT2D eigenvalue weighted by Gasteiger charge is 2.38. The summed E-state index contributed by atoms with van der Waals surface area (Å²) in [6, 6.07) is 4.08. The van der Waals surface area contributed by atoms with Gasteiger partial charge < -0.3 is 15.3 Å². The Labute approximate surface area is 121 Å². The number of nitrogens with zero attached hydrogens (tertiary/aromatic N) is 2. The molecule has 0 aliphatic carbocycles. The Morgan fingerprint density at radius 3 is 2.30 bits per heavy atom. The molecule has 112 valence electrons. The van der Waals surface area contributed by atoms with Crippen molar-refractivity contribution in [2.24, 2.45) is 0 Å². The summed E-state index contributed by atoms with van der Waals surface area (Å²) in [5, 5.41) is 10.4. The number of aliphatic carboxylic acids is 1. The number of rotatable bonds is 1. The number of halogens is 4. The molecule has 0 radical (unpaired) electrons. The molecule has 1 aromatic rings. The topological polar surface area (TPSA) is 65.5 Å². The van der Waals surface area contributed by atoms with Gasteiger partial charge in [-0.2, -0.15) is 13.2 Å². The predicted octanol–water partition coefficient (Wildman–Crippen LogP) is 1.89. The van der Waals surface area contributed by atoms with Crippen molar-refractivity contribution >= 4 is 27.7 Å². The average molecular weight is 356 g/mol. The maximum atomic E-state index is 10.6. The number of anilines is 1. The average Bonchev–Trinajstić information content (AvgIpc) is 2.40. The van der Waals surface area contributed by atoms with E-state index in [0.29, 0.717) is 0 Å². The van der Waals surface area contributed by atoms with Gasteiger partial charge in [0.15, 0.2) is 0 Å². The van der Waals surface area contributed by atoms with Gasteiger partial charge in [-0.3, -0.25) is 0 Å². The molecule has 0 atom stereocenters. The van der Waals surface area contributed by atoms with E-state index in [1.165, 1.54) is 0 Å². The molecule has 0 aromatic carbocycles. The number of piperazine rings is 1. The Balaban J connectivity index is 0.000000246. The van der Waals surface area contributed by atoms with Crippen LogP contribution in [-0.4, -0.2) is 48.4 Å². The van der Waals surface area contributed by atoms with Gasteiger partial charge in [-0.15, -0.1) is 0 Å². The first kappa shape index (κ1) is 16.7. The molecular weight excluding hydrogens is 343 g/mol. The molecule has 2 heterocycles. The highest BCUT2D eigenvalue weighted by atomic mass is 79.9. The summed E-state index contributed by atoms with van der Waals surface area (Å²) in [5.41, 5.74) is 0. The van der Waals surface area contributed by atoms with E-state index in [9.17, 15) is 13.2 Å². The lowest BCUT2D eigenvalue weighted by Gasteiger charge is -2.28. The van der Waals surface area contributed by atoms with Crippen LogP contribution in [0.3, 0.4) is 0 Å². The largest absolute Gasteiger partial charge is 0.490 e. The highest BCUT2D eigenvalue weighted by Crippen LogP contribution is 2.14. The third-order valence-corrected chi connectivity index (χ3v) is 2.86. The van der Waals surface area contributed by atoms with Crippen LogP contribution in [0.1, 0.15) is 0 Å². The van der Waals surface area contributed by atoms with Crippen molar-refractivity contribution in [2.75, 3.05) is 31.1 Å². The second-order valence-electron chi connectivity index (χ2n) is 3.87. The summed E-state index contributed by atoms with van der Waals surface area (Å²) in [4.78, 5) is 15.5. The summed E-state index contributed by atoms with van der Waals surface area (Å²) in [6.07, 6.45) is -3.24. The molecule has 1 aliphatic heterocycles. The van der Waals surface area contributed by atoms with E-state index < -0.39 is 12.1 Å². The Morgan fingerprint density at radius 2 is 1.90 bits per heavy atom. The molecule has 2 N–H and O–H groups in total. The molecule has 0 bridgehead atoms. The standard InChI is InChI=1S/C9H12BrN3.C2HF3O2/c10-8-1-2-9(12-7-8)13-5-3-11-4-6-13;3-2(4,5)1(6)7/h1-2,7,11H,3-6H2;(H,6,7). The van der Waals surface area contributed by atoms with E-state index in [2.05, 4.69) is 37.2 Å². The van der Waals surface area contributed by atoms with Crippen LogP contribution >= 0.6 is 15.9 Å². The van der Waals surface area contributed by atoms with Crippen molar-refractivity contribution in [2.45, 2.75) is 6.18 Å². The first-order chi connectivity index (χ1) is 9.30. The number of carboxylic acid groups (broad SMARTS) is 1. The number of aromatic nitrogens is 1. The Bertz CT molecular complexity index is 434. The van der Waals surface area contributed by atoms with Gasteiger partial charge in [0.1, 0.15) is 5.82 Å². The third kappa shape index (κ3) is 5.74. The predicted molar refractivity (Wildman–Crippen MR) is 70.7 cm³/mol. The molecular formula is C11H13BrF3N3O2. The minimum Gasteiger partial charge on any atom is -0.475 e. The van der Waals surface area contributed by atoms with Crippen LogP contribution in [0.15, 0.2) is 22.8 Å². The van der Waals surface area contributed by atoms with Crippen LogP contribution in [-0.2, 0) is 4.79 Å². The van der Waals surface area contributed by atoms with E-state index in [-0.39, 0.29) is 0 Å². The second-order valence-corrected chi connectivity index (χ2v) is 4.79. The maximum absolute atomic E-state index is 10.6. The van der Waals surface area contributed by atoms with Crippen molar-refractivity contribution < 1.29 is 23.1 Å². The molecule has 0 spiro atoms. The summed E-state index contributed by atoms with van der Waals surface area (Å²) in [5.74, 6) is -1.68. The third-order valence-electron chi connectivity index (χ3n) is 2.40. The van der Waals surface area contributed by atoms with Gasteiger partial charge in [-0.25, -0.2) is 9.78 Å². The van der Waals surface area contributed by atoms with Crippen molar-refractivity contribution in [3.63, 3.8) is 0 Å². The molecule has 9 heteroatoms. The van der Waals surface area contributed by atoms with E-state index in [0.717, 1.165) is 36.5 Å². The lowest BCUT2D eigenvalue weighted by atomic mass is 10.3. The van der Waals surface area contributed by atoms with Crippen molar-refractivity contribution in [1.29, 1.82) is 0 Å². The highest BCUT2D eigenvalue weighted by molar-refractivity contribution is 9.10. The first-order valence-electron chi connectivity index (χ1n) is 5.68. The molecule has 20 heavy (non-hydrogen) atoms. The minimum atomic E-state index is -5.08. The summed E-state index contributed by atoms with van der Waals surface area (Å²) >= 11 is 3.38. The lowest BCUT2D eigenvalue weighted by Crippen LogP contribution is -2.43. The number of nitrogens with one attached hydrogen (secondary N) is 1. The molecule has 1 saturated heterocycles. The van der Waals surface area contributed by atoms with Gasteiger partial charge in [-0.1, -0.05) is 0 Å². The fourth-order valence-corrected chi connectivity index (χ4v) is 1.68. The van der Waals surface area contributed by atoms with Crippen LogP contribution in [0.25, 0.3) is 0 Å². The molecule has 0 amide bonds. The fourth-order valence-electron chi connectivity index (χ4n) is 1.45. The van der Waals surface area contributed by atoms with Crippen LogP contribution < -0.4 is 10.2 Å². The van der Waals surface area contributed by atoms with Gasteiger partial charge in [0.05, 0.1) is 0 Å². The van der Waals surface area contributed by atoms with Crippen LogP contribution in [0.2, 0.25) is 0 Å². The molecule has 1 fully saturated rings. The summed E-state index contributed by atoms with van der Waals surface area (Å²) in [7, 11) is 0. The van der Waals surface area contributed by atoms with Crippen molar-refractivity contribution in [3.05, 3.63) is 22.8 Å². The van der Waals surface area contributed by atoms with Crippen LogP contribution in [0.4, 0.5) is 19.0 Å². The Kier molecular flexibility index (Phi) is 6.21. The molecule has 5 nitrogen and oxygen atoms in total. The molecule has 1 aliphatic rings. The van der Waals surface area contributed by atoms with E-state index in [1.54, 1.807) is 0 Å². The molecule has 1 aromatic heterocycles. The van der Waals surface area contributed by atoms with E-state index >= 15 is 0 Å². The number of pyridine rings is 1. The quantitative estimate of drug-likeness (QED) is 0.805. The normalized spacial score (nSPS) is 15.3. The van der Waals surface area contributed by atoms with Gasteiger partial charge in [0.2, 0.25) is 0 Å². The van der Waals surface area contributed by atoms with Gasteiger partial charge in [-0.05, 0) is 28.1 Å². The Hall–Kier alpha value is -1.35. The van der Waals surface area contributed by atoms with Gasteiger partial charge in [0, 0.05) is 36.8 Å². The van der Waals surface area contributed by atoms with Crippen molar-refractivity contribution in [1.82, 2.24) is 10.3 Å². The number of alkyl halides is 3. The summed E-state index contributed by atoms with van der Waals surface area (Å²) < 4.78 is 32.8. The Morgan fingerprint density at radius 1 is 1.35 bits per heavy atom. The SMILES string of the molecule is Brc1ccc(N2CCNCC2)nc1.O=C(O)C(F)(F)F. The molecule has 2 rings (SSSR count). The minimum absolute atomic E-state index is 1.03. The molecule has 0 saturated carbocycles. The monoisotopic (exact) mass is 355 g/mol. The number of carboxylic acids is 1. The van der Waals surface area contributed by atoms with Crippen LogP contribution in [0.5, 0.6) is 0 Å².